The average molecular weight is 251 g/mol. The van der Waals surface area contributed by atoms with E-state index in [-0.39, 0.29) is 11.0 Å². The molecule has 0 atom stereocenters. The molecule has 5 heteroatoms. The molecule has 0 spiro atoms. The van der Waals surface area contributed by atoms with E-state index in [0.29, 0.717) is 16.0 Å². The Morgan fingerprint density at radius 2 is 2.18 bits per heavy atom. The molecule has 0 amide bonds. The number of fused-ring (bicyclic) bond motifs is 1. The van der Waals surface area contributed by atoms with E-state index in [1.807, 2.05) is 0 Å². The lowest BCUT2D eigenvalue weighted by atomic mass is 10.1. The van der Waals surface area contributed by atoms with Gasteiger partial charge in [-0.2, -0.15) is 0 Å². The topological polar surface area (TPSA) is 67.5 Å². The smallest absolute Gasteiger partial charge is 0.328 e. The SMILES string of the molecule is O=C(O)C=Cc1coc2cc(Cl)ccc2c1=O. The van der Waals surface area contributed by atoms with Crippen LogP contribution in [0.1, 0.15) is 5.56 Å². The Kier molecular flexibility index (Phi) is 2.97. The molecule has 1 aromatic heterocycles. The van der Waals surface area contributed by atoms with Gasteiger partial charge in [-0.25, -0.2) is 4.79 Å². The van der Waals surface area contributed by atoms with Crippen molar-refractivity contribution < 1.29 is 14.3 Å². The fourth-order valence-corrected chi connectivity index (χ4v) is 1.56. The zero-order valence-corrected chi connectivity index (χ0v) is 9.27. The van der Waals surface area contributed by atoms with Crippen molar-refractivity contribution in [2.24, 2.45) is 0 Å². The van der Waals surface area contributed by atoms with Crippen LogP contribution in [-0.4, -0.2) is 11.1 Å². The Hall–Kier alpha value is -2.07. The minimum Gasteiger partial charge on any atom is -0.478 e. The van der Waals surface area contributed by atoms with Crippen LogP contribution in [0, 0.1) is 0 Å². The van der Waals surface area contributed by atoms with Gasteiger partial charge < -0.3 is 9.52 Å². The van der Waals surface area contributed by atoms with Crippen molar-refractivity contribution in [3.63, 3.8) is 0 Å². The molecule has 0 bridgehead atoms. The van der Waals surface area contributed by atoms with Crippen molar-refractivity contribution in [2.75, 3.05) is 0 Å². The Morgan fingerprint density at radius 1 is 1.41 bits per heavy atom. The van der Waals surface area contributed by atoms with Gasteiger partial charge in [-0.05, 0) is 18.2 Å². The zero-order chi connectivity index (χ0) is 12.4. The van der Waals surface area contributed by atoms with Crippen molar-refractivity contribution in [1.82, 2.24) is 0 Å². The molecule has 17 heavy (non-hydrogen) atoms. The summed E-state index contributed by atoms with van der Waals surface area (Å²) in [6, 6.07) is 4.65. The minimum atomic E-state index is -1.12. The van der Waals surface area contributed by atoms with E-state index in [2.05, 4.69) is 0 Å². The van der Waals surface area contributed by atoms with Gasteiger partial charge in [0, 0.05) is 17.2 Å². The largest absolute Gasteiger partial charge is 0.478 e. The Bertz CT molecular complexity index is 670. The highest BCUT2D eigenvalue weighted by atomic mass is 35.5. The molecule has 1 heterocycles. The molecule has 86 valence electrons. The van der Waals surface area contributed by atoms with Crippen LogP contribution in [0.3, 0.4) is 0 Å². The Balaban J connectivity index is 2.62. The molecule has 0 saturated heterocycles. The molecule has 0 aliphatic rings. The van der Waals surface area contributed by atoms with Crippen LogP contribution in [0.15, 0.2) is 39.7 Å². The first-order chi connectivity index (χ1) is 8.08. The third-order valence-electron chi connectivity index (χ3n) is 2.17. The quantitative estimate of drug-likeness (QED) is 0.832. The van der Waals surface area contributed by atoms with Gasteiger partial charge in [0.05, 0.1) is 10.9 Å². The van der Waals surface area contributed by atoms with Gasteiger partial charge in [0.1, 0.15) is 11.8 Å². The van der Waals surface area contributed by atoms with Gasteiger partial charge in [-0.1, -0.05) is 11.6 Å². The summed E-state index contributed by atoms with van der Waals surface area (Å²) in [7, 11) is 0. The summed E-state index contributed by atoms with van der Waals surface area (Å²) in [6.07, 6.45) is 3.29. The van der Waals surface area contributed by atoms with E-state index < -0.39 is 5.97 Å². The second kappa shape index (κ2) is 4.43. The first kappa shape index (κ1) is 11.4. The fraction of sp³-hybridized carbons (Fsp3) is 0. The van der Waals surface area contributed by atoms with Crippen LogP contribution in [0.5, 0.6) is 0 Å². The summed E-state index contributed by atoms with van der Waals surface area (Å²) in [5.74, 6) is -1.12. The molecule has 2 rings (SSSR count). The van der Waals surface area contributed by atoms with Crippen molar-refractivity contribution in [1.29, 1.82) is 0 Å². The van der Waals surface area contributed by atoms with Crippen LogP contribution < -0.4 is 5.43 Å². The summed E-state index contributed by atoms with van der Waals surface area (Å²) in [5.41, 5.74) is 0.262. The van der Waals surface area contributed by atoms with Crippen LogP contribution in [0.4, 0.5) is 0 Å². The van der Waals surface area contributed by atoms with Crippen molar-refractivity contribution in [2.45, 2.75) is 0 Å². The Morgan fingerprint density at radius 3 is 2.88 bits per heavy atom. The van der Waals surface area contributed by atoms with Crippen molar-refractivity contribution >= 4 is 34.6 Å². The second-order valence-electron chi connectivity index (χ2n) is 3.33. The van der Waals surface area contributed by atoms with Crippen LogP contribution >= 0.6 is 11.6 Å². The monoisotopic (exact) mass is 250 g/mol. The highest BCUT2D eigenvalue weighted by Gasteiger charge is 2.05. The van der Waals surface area contributed by atoms with E-state index in [1.54, 1.807) is 12.1 Å². The predicted octanol–water partition coefficient (Wildman–Crippen LogP) is 2.54. The maximum atomic E-state index is 11.9. The molecule has 0 saturated carbocycles. The predicted molar refractivity (Wildman–Crippen MR) is 64.2 cm³/mol. The molecule has 1 N–H and O–H groups in total. The first-order valence-corrected chi connectivity index (χ1v) is 5.08. The molecule has 2 aromatic rings. The maximum absolute atomic E-state index is 11.9. The van der Waals surface area contributed by atoms with E-state index in [4.69, 9.17) is 21.1 Å². The third-order valence-corrected chi connectivity index (χ3v) is 2.40. The van der Waals surface area contributed by atoms with Gasteiger partial charge >= 0.3 is 5.97 Å². The van der Waals surface area contributed by atoms with E-state index in [1.165, 1.54) is 18.4 Å². The highest BCUT2D eigenvalue weighted by Crippen LogP contribution is 2.17. The molecule has 0 unspecified atom stereocenters. The van der Waals surface area contributed by atoms with Gasteiger partial charge in [0.25, 0.3) is 0 Å². The molecule has 4 nitrogen and oxygen atoms in total. The summed E-state index contributed by atoms with van der Waals surface area (Å²) in [5, 5.41) is 9.31. The standard InChI is InChI=1S/C12H7ClO4/c13-8-2-3-9-10(5-8)17-6-7(12(9)16)1-4-11(14)15/h1-6H,(H,14,15). The van der Waals surface area contributed by atoms with Gasteiger partial charge in [-0.15, -0.1) is 0 Å². The summed E-state index contributed by atoms with van der Waals surface area (Å²) in [4.78, 5) is 22.3. The second-order valence-corrected chi connectivity index (χ2v) is 3.77. The molecule has 1 aromatic carbocycles. The molecule has 0 aliphatic carbocycles. The summed E-state index contributed by atoms with van der Waals surface area (Å²) >= 11 is 5.76. The lowest BCUT2D eigenvalue weighted by molar-refractivity contribution is -0.131. The number of halogens is 1. The van der Waals surface area contributed by atoms with Crippen LogP contribution in [0.2, 0.25) is 5.02 Å². The molecule has 0 fully saturated rings. The fourth-order valence-electron chi connectivity index (χ4n) is 1.39. The number of hydrogen-bond acceptors (Lipinski definition) is 3. The van der Waals surface area contributed by atoms with E-state index in [9.17, 15) is 9.59 Å². The lowest BCUT2D eigenvalue weighted by Crippen LogP contribution is -2.04. The third kappa shape index (κ3) is 2.37. The van der Waals surface area contributed by atoms with Gasteiger partial charge in [-0.3, -0.25) is 4.79 Å². The number of aliphatic carboxylic acids is 1. The number of hydrogen-bond donors (Lipinski definition) is 1. The summed E-state index contributed by atoms with van der Waals surface area (Å²) in [6.45, 7) is 0. The number of carbonyl (C=O) groups is 1. The van der Waals surface area contributed by atoms with Crippen LogP contribution in [0.25, 0.3) is 17.0 Å². The minimum absolute atomic E-state index is 0.183. The zero-order valence-electron chi connectivity index (χ0n) is 8.51. The average Bonchev–Trinajstić information content (AvgIpc) is 2.27. The van der Waals surface area contributed by atoms with E-state index in [0.717, 1.165) is 6.08 Å². The maximum Gasteiger partial charge on any atom is 0.328 e. The molecular formula is C12H7ClO4. The van der Waals surface area contributed by atoms with Gasteiger partial charge in [0.2, 0.25) is 0 Å². The normalized spacial score (nSPS) is 11.1. The van der Waals surface area contributed by atoms with Crippen molar-refractivity contribution in [3.8, 4) is 0 Å². The van der Waals surface area contributed by atoms with E-state index >= 15 is 0 Å². The Labute approximate surface area is 101 Å². The number of carboxylic acids is 1. The lowest BCUT2D eigenvalue weighted by Gasteiger charge is -1.98. The molecule has 0 aliphatic heterocycles. The highest BCUT2D eigenvalue weighted by molar-refractivity contribution is 6.31. The summed E-state index contributed by atoms with van der Waals surface area (Å²) < 4.78 is 5.21. The number of rotatable bonds is 2. The first-order valence-electron chi connectivity index (χ1n) is 4.70. The number of carboxylic acid groups (broad SMARTS) is 1. The van der Waals surface area contributed by atoms with Gasteiger partial charge in [0.15, 0.2) is 5.43 Å². The molecular weight excluding hydrogens is 244 g/mol. The van der Waals surface area contributed by atoms with Crippen molar-refractivity contribution in [3.05, 3.63) is 51.3 Å². The molecule has 0 radical (unpaired) electrons. The number of benzene rings is 1. The van der Waals surface area contributed by atoms with Crippen LogP contribution in [-0.2, 0) is 4.79 Å².